The molecule has 0 unspecified atom stereocenters. The fraction of sp³-hybridized carbons (Fsp3) is 0.773. The summed E-state index contributed by atoms with van der Waals surface area (Å²) in [4.78, 5) is 10.6. The highest BCUT2D eigenvalue weighted by Gasteiger charge is 2.48. The molecule has 2 rings (SSSR count). The number of carboxylic acids is 1. The SMILES string of the molecule is C=C[C@H](O)[C@@H](C)C[C@H](CC)[C@@H]1[C@H]2CC(=CCCCC(=O)O)C[C@H]2C[C@H]1O. The molecule has 4 heteroatoms. The van der Waals surface area contributed by atoms with E-state index in [-0.39, 0.29) is 18.4 Å². The molecule has 7 atom stereocenters. The Balaban J connectivity index is 1.97. The minimum absolute atomic E-state index is 0.163. The first-order chi connectivity index (χ1) is 12.4. The monoisotopic (exact) mass is 364 g/mol. The molecule has 0 aromatic rings. The number of hydrogen-bond acceptors (Lipinski definition) is 3. The van der Waals surface area contributed by atoms with Gasteiger partial charge in [-0.25, -0.2) is 0 Å². The van der Waals surface area contributed by atoms with Crippen molar-refractivity contribution >= 4 is 5.97 Å². The lowest BCUT2D eigenvalue weighted by molar-refractivity contribution is -0.137. The van der Waals surface area contributed by atoms with Crippen LogP contribution in [-0.2, 0) is 4.79 Å². The molecule has 148 valence electrons. The summed E-state index contributed by atoms with van der Waals surface area (Å²) < 4.78 is 0. The Morgan fingerprint density at radius 1 is 1.38 bits per heavy atom. The number of rotatable bonds is 10. The van der Waals surface area contributed by atoms with Gasteiger partial charge in [0.25, 0.3) is 0 Å². The van der Waals surface area contributed by atoms with Crippen molar-refractivity contribution in [2.24, 2.45) is 29.6 Å². The first kappa shape index (κ1) is 21.2. The lowest BCUT2D eigenvalue weighted by Gasteiger charge is -2.32. The highest BCUT2D eigenvalue weighted by molar-refractivity contribution is 5.66. The van der Waals surface area contributed by atoms with Crippen molar-refractivity contribution in [1.82, 2.24) is 0 Å². The van der Waals surface area contributed by atoms with Crippen molar-refractivity contribution in [1.29, 1.82) is 0 Å². The van der Waals surface area contributed by atoms with E-state index in [1.54, 1.807) is 6.08 Å². The third-order valence-corrected chi connectivity index (χ3v) is 6.71. The molecule has 2 saturated carbocycles. The first-order valence-electron chi connectivity index (χ1n) is 10.3. The fourth-order valence-electron chi connectivity index (χ4n) is 5.34. The Hall–Kier alpha value is -1.13. The number of unbranched alkanes of at least 4 members (excludes halogenated alkanes) is 1. The second-order valence-electron chi connectivity index (χ2n) is 8.47. The standard InChI is InChI=1S/C22H36O4/c1-4-16(10-14(3)19(23)5-2)22-18-12-15(8-6-7-9-21(25)26)11-17(18)13-20(22)24/h5,8,14,16-20,22-24H,2,4,6-7,9-13H2,1,3H3,(H,25,26)/t14-,16-,17-,18-,19-,20+,22+/m0/s1. The van der Waals surface area contributed by atoms with Crippen LogP contribution in [0.25, 0.3) is 0 Å². The largest absolute Gasteiger partial charge is 0.481 e. The third-order valence-electron chi connectivity index (χ3n) is 6.71. The molecule has 0 saturated heterocycles. The molecule has 0 bridgehead atoms. The summed E-state index contributed by atoms with van der Waals surface area (Å²) in [6, 6.07) is 0. The predicted molar refractivity (Wildman–Crippen MR) is 104 cm³/mol. The van der Waals surface area contributed by atoms with Crippen LogP contribution in [0.2, 0.25) is 0 Å². The maximum absolute atomic E-state index is 10.7. The highest BCUT2D eigenvalue weighted by atomic mass is 16.4. The van der Waals surface area contributed by atoms with Gasteiger partial charge in [-0.2, -0.15) is 0 Å². The normalized spacial score (nSPS) is 33.0. The highest BCUT2D eigenvalue weighted by Crippen LogP contribution is 2.53. The van der Waals surface area contributed by atoms with Gasteiger partial charge in [-0.3, -0.25) is 4.79 Å². The Morgan fingerprint density at radius 3 is 2.73 bits per heavy atom. The van der Waals surface area contributed by atoms with Crippen LogP contribution in [0.1, 0.15) is 65.2 Å². The van der Waals surface area contributed by atoms with Crippen LogP contribution in [0, 0.1) is 29.6 Å². The minimum Gasteiger partial charge on any atom is -0.481 e. The number of aliphatic hydroxyl groups excluding tert-OH is 2. The molecule has 0 spiro atoms. The van der Waals surface area contributed by atoms with E-state index in [2.05, 4.69) is 26.5 Å². The zero-order valence-electron chi connectivity index (χ0n) is 16.3. The predicted octanol–water partition coefficient (Wildman–Crippen LogP) is 4.17. The summed E-state index contributed by atoms with van der Waals surface area (Å²) in [5, 5.41) is 29.5. The number of hydrogen-bond donors (Lipinski definition) is 3. The van der Waals surface area contributed by atoms with Gasteiger partial charge in [0.05, 0.1) is 12.2 Å². The van der Waals surface area contributed by atoms with Crippen LogP contribution >= 0.6 is 0 Å². The molecule has 0 aromatic carbocycles. The molecular formula is C22H36O4. The van der Waals surface area contributed by atoms with E-state index in [4.69, 9.17) is 5.11 Å². The average Bonchev–Trinajstić information content (AvgIpc) is 3.11. The van der Waals surface area contributed by atoms with Gasteiger partial charge < -0.3 is 15.3 Å². The number of aliphatic hydroxyl groups is 2. The van der Waals surface area contributed by atoms with Gasteiger partial charge in [0, 0.05) is 6.42 Å². The Kier molecular flexibility index (Phi) is 7.90. The molecule has 0 heterocycles. The molecule has 2 fully saturated rings. The van der Waals surface area contributed by atoms with E-state index in [0.717, 1.165) is 38.5 Å². The molecule has 0 aliphatic heterocycles. The molecule has 2 aliphatic carbocycles. The Morgan fingerprint density at radius 2 is 2.12 bits per heavy atom. The average molecular weight is 365 g/mol. The Labute approximate surface area is 158 Å². The molecule has 0 aromatic heterocycles. The van der Waals surface area contributed by atoms with E-state index in [1.807, 2.05) is 0 Å². The van der Waals surface area contributed by atoms with Gasteiger partial charge in [-0.1, -0.05) is 38.0 Å². The number of carbonyl (C=O) groups is 1. The molecular weight excluding hydrogens is 328 g/mol. The molecule has 2 aliphatic rings. The van der Waals surface area contributed by atoms with Gasteiger partial charge in [0.2, 0.25) is 0 Å². The van der Waals surface area contributed by atoms with Crippen LogP contribution in [0.5, 0.6) is 0 Å². The van der Waals surface area contributed by atoms with Crippen LogP contribution < -0.4 is 0 Å². The van der Waals surface area contributed by atoms with E-state index in [9.17, 15) is 15.0 Å². The minimum atomic E-state index is -0.725. The summed E-state index contributed by atoms with van der Waals surface area (Å²) in [5.74, 6) is 1.28. The number of carboxylic acid groups (broad SMARTS) is 1. The lowest BCUT2D eigenvalue weighted by Crippen LogP contribution is -2.30. The zero-order chi connectivity index (χ0) is 19.3. The maximum atomic E-state index is 10.7. The quantitative estimate of drug-likeness (QED) is 0.401. The van der Waals surface area contributed by atoms with Crippen LogP contribution in [0.3, 0.4) is 0 Å². The summed E-state index contributed by atoms with van der Waals surface area (Å²) in [6.07, 6.45) is 9.88. The number of allylic oxidation sites excluding steroid dienone is 2. The molecule has 26 heavy (non-hydrogen) atoms. The summed E-state index contributed by atoms with van der Waals surface area (Å²) in [6.45, 7) is 7.95. The summed E-state index contributed by atoms with van der Waals surface area (Å²) >= 11 is 0. The van der Waals surface area contributed by atoms with Gasteiger partial charge >= 0.3 is 5.97 Å². The topological polar surface area (TPSA) is 77.8 Å². The van der Waals surface area contributed by atoms with Crippen molar-refractivity contribution in [2.45, 2.75) is 77.4 Å². The van der Waals surface area contributed by atoms with Crippen molar-refractivity contribution < 1.29 is 20.1 Å². The van der Waals surface area contributed by atoms with Crippen molar-refractivity contribution in [3.05, 3.63) is 24.3 Å². The van der Waals surface area contributed by atoms with Gasteiger partial charge in [0.1, 0.15) is 0 Å². The molecule has 4 nitrogen and oxygen atoms in total. The first-order valence-corrected chi connectivity index (χ1v) is 10.3. The molecule has 0 radical (unpaired) electrons. The lowest BCUT2D eigenvalue weighted by atomic mass is 9.75. The summed E-state index contributed by atoms with van der Waals surface area (Å²) in [7, 11) is 0. The summed E-state index contributed by atoms with van der Waals surface area (Å²) in [5.41, 5.74) is 1.45. The second kappa shape index (κ2) is 9.70. The maximum Gasteiger partial charge on any atom is 0.303 e. The smallest absolute Gasteiger partial charge is 0.303 e. The van der Waals surface area contributed by atoms with Gasteiger partial charge in [-0.05, 0) is 68.1 Å². The third kappa shape index (κ3) is 5.20. The molecule has 0 amide bonds. The van der Waals surface area contributed by atoms with E-state index in [0.29, 0.717) is 30.1 Å². The molecule has 3 N–H and O–H groups in total. The van der Waals surface area contributed by atoms with Crippen molar-refractivity contribution in [2.75, 3.05) is 0 Å². The Bertz CT molecular complexity index is 512. The van der Waals surface area contributed by atoms with E-state index >= 15 is 0 Å². The number of aliphatic carboxylic acids is 1. The van der Waals surface area contributed by atoms with Crippen LogP contribution in [0.4, 0.5) is 0 Å². The van der Waals surface area contributed by atoms with E-state index in [1.165, 1.54) is 5.57 Å². The van der Waals surface area contributed by atoms with Gasteiger partial charge in [-0.15, -0.1) is 6.58 Å². The van der Waals surface area contributed by atoms with E-state index < -0.39 is 12.1 Å². The van der Waals surface area contributed by atoms with Crippen LogP contribution in [0.15, 0.2) is 24.3 Å². The number of fused-ring (bicyclic) bond motifs is 1. The van der Waals surface area contributed by atoms with Crippen LogP contribution in [-0.4, -0.2) is 33.5 Å². The van der Waals surface area contributed by atoms with Crippen molar-refractivity contribution in [3.63, 3.8) is 0 Å². The van der Waals surface area contributed by atoms with Crippen molar-refractivity contribution in [3.8, 4) is 0 Å². The zero-order valence-corrected chi connectivity index (χ0v) is 16.3. The second-order valence-corrected chi connectivity index (χ2v) is 8.47. The fourth-order valence-corrected chi connectivity index (χ4v) is 5.34. The van der Waals surface area contributed by atoms with Gasteiger partial charge in [0.15, 0.2) is 0 Å².